The number of benzene rings is 1. The fraction of sp³-hybridized carbons (Fsp3) is 0.214. The largest absolute Gasteiger partial charge is 0.399 e. The van der Waals surface area contributed by atoms with Crippen LogP contribution in [0.2, 0.25) is 5.02 Å². The highest BCUT2D eigenvalue weighted by Gasteiger charge is 2.11. The van der Waals surface area contributed by atoms with Crippen molar-refractivity contribution in [3.8, 4) is 0 Å². The molecular weight excluding hydrogens is 290 g/mol. The summed E-state index contributed by atoms with van der Waals surface area (Å²) in [5.41, 5.74) is 7.50. The van der Waals surface area contributed by atoms with Crippen molar-refractivity contribution in [1.82, 2.24) is 9.97 Å². The number of nitrogen functional groups attached to an aromatic ring is 1. The number of rotatable bonds is 5. The number of halogens is 1. The van der Waals surface area contributed by atoms with Crippen molar-refractivity contribution in [3.63, 3.8) is 0 Å². The molecule has 0 aliphatic heterocycles. The maximum atomic E-state index is 5.89. The van der Waals surface area contributed by atoms with Crippen LogP contribution in [0.3, 0.4) is 0 Å². The number of aromatic nitrogens is 2. The number of hydrogen-bond acceptors (Lipinski definition) is 6. The minimum absolute atomic E-state index is 0.0197. The van der Waals surface area contributed by atoms with Crippen LogP contribution in [-0.2, 0) is 4.84 Å². The number of oxime groups is 1. The van der Waals surface area contributed by atoms with E-state index in [2.05, 4.69) is 25.3 Å². The molecule has 1 heterocycles. The molecule has 0 fully saturated rings. The maximum absolute atomic E-state index is 5.89. The number of nitrogens with two attached hydrogens (primary N) is 1. The third kappa shape index (κ3) is 3.82. The molecule has 1 unspecified atom stereocenters. The van der Waals surface area contributed by atoms with E-state index in [0.29, 0.717) is 22.2 Å². The molecule has 0 spiro atoms. The van der Waals surface area contributed by atoms with E-state index in [0.717, 1.165) is 5.56 Å². The van der Waals surface area contributed by atoms with Crippen molar-refractivity contribution in [2.24, 2.45) is 5.16 Å². The average molecular weight is 306 g/mol. The fourth-order valence-corrected chi connectivity index (χ4v) is 1.92. The third-order valence-electron chi connectivity index (χ3n) is 2.93. The van der Waals surface area contributed by atoms with E-state index in [4.69, 9.17) is 17.3 Å². The summed E-state index contributed by atoms with van der Waals surface area (Å²) >= 11 is 5.89. The van der Waals surface area contributed by atoms with Crippen LogP contribution in [0.15, 0.2) is 35.7 Å². The maximum Gasteiger partial charge on any atom is 0.141 e. The van der Waals surface area contributed by atoms with Gasteiger partial charge in [0.15, 0.2) is 0 Å². The first-order chi connectivity index (χ1) is 10.1. The normalized spacial score (nSPS) is 12.3. The van der Waals surface area contributed by atoms with Gasteiger partial charge in [0, 0.05) is 11.1 Å². The van der Waals surface area contributed by atoms with Gasteiger partial charge < -0.3 is 15.9 Å². The lowest BCUT2D eigenvalue weighted by molar-refractivity contribution is 0.215. The molecule has 2 aromatic rings. The van der Waals surface area contributed by atoms with Gasteiger partial charge in [-0.05, 0) is 24.6 Å². The van der Waals surface area contributed by atoms with Gasteiger partial charge in [-0.1, -0.05) is 28.9 Å². The predicted octanol–water partition coefficient (Wildman–Crippen LogP) is 2.87. The summed E-state index contributed by atoms with van der Waals surface area (Å²) in [6.07, 6.45) is 2.88. The zero-order chi connectivity index (χ0) is 15.2. The van der Waals surface area contributed by atoms with Crippen LogP contribution in [0.5, 0.6) is 0 Å². The van der Waals surface area contributed by atoms with Crippen LogP contribution in [-0.4, -0.2) is 23.3 Å². The van der Waals surface area contributed by atoms with E-state index in [1.807, 2.05) is 31.2 Å². The SMILES string of the molecule is CO/N=C/c1c(N)ncnc1NC(C)c1ccc(Cl)cc1. The lowest BCUT2D eigenvalue weighted by atomic mass is 10.1. The first-order valence-corrected chi connectivity index (χ1v) is 6.68. The van der Waals surface area contributed by atoms with Crippen molar-refractivity contribution in [3.05, 3.63) is 46.7 Å². The predicted molar refractivity (Wildman–Crippen MR) is 84.5 cm³/mol. The minimum Gasteiger partial charge on any atom is -0.399 e. The zero-order valence-electron chi connectivity index (χ0n) is 11.7. The Balaban J connectivity index is 2.24. The Morgan fingerprint density at radius 2 is 2.05 bits per heavy atom. The van der Waals surface area contributed by atoms with Crippen molar-refractivity contribution < 1.29 is 4.84 Å². The topological polar surface area (TPSA) is 85.4 Å². The second kappa shape index (κ2) is 6.90. The number of hydrogen-bond donors (Lipinski definition) is 2. The first kappa shape index (κ1) is 15.1. The lowest BCUT2D eigenvalue weighted by Gasteiger charge is -2.16. The summed E-state index contributed by atoms with van der Waals surface area (Å²) in [7, 11) is 1.46. The van der Waals surface area contributed by atoms with Crippen LogP contribution in [0.25, 0.3) is 0 Å². The van der Waals surface area contributed by atoms with Gasteiger partial charge in [0.05, 0.1) is 11.8 Å². The molecule has 3 N–H and O–H groups in total. The molecule has 0 aliphatic rings. The standard InChI is InChI=1S/C14H16ClN5O/c1-9(10-3-5-11(15)6-4-10)20-14-12(7-19-21-2)13(16)17-8-18-14/h3-9H,1-2H3,(H3,16,17,18,20)/b19-7+. The molecule has 0 aliphatic carbocycles. The van der Waals surface area contributed by atoms with Gasteiger partial charge in [-0.15, -0.1) is 0 Å². The van der Waals surface area contributed by atoms with Gasteiger partial charge in [0.25, 0.3) is 0 Å². The minimum atomic E-state index is 0.0197. The smallest absolute Gasteiger partial charge is 0.141 e. The molecule has 110 valence electrons. The lowest BCUT2D eigenvalue weighted by Crippen LogP contribution is -2.12. The van der Waals surface area contributed by atoms with E-state index >= 15 is 0 Å². The van der Waals surface area contributed by atoms with Gasteiger partial charge in [-0.25, -0.2) is 9.97 Å². The summed E-state index contributed by atoms with van der Waals surface area (Å²) in [6.45, 7) is 2.01. The van der Waals surface area contributed by atoms with Crippen molar-refractivity contribution >= 4 is 29.5 Å². The second-order valence-electron chi connectivity index (χ2n) is 4.36. The van der Waals surface area contributed by atoms with Gasteiger partial charge >= 0.3 is 0 Å². The Kier molecular flexibility index (Phi) is 4.94. The first-order valence-electron chi connectivity index (χ1n) is 6.31. The Labute approximate surface area is 128 Å². The van der Waals surface area contributed by atoms with Crippen molar-refractivity contribution in [2.75, 3.05) is 18.2 Å². The molecule has 7 heteroatoms. The summed E-state index contributed by atoms with van der Waals surface area (Å²) in [5.74, 6) is 0.919. The molecule has 6 nitrogen and oxygen atoms in total. The zero-order valence-corrected chi connectivity index (χ0v) is 12.5. The average Bonchev–Trinajstić information content (AvgIpc) is 2.47. The van der Waals surface area contributed by atoms with Crippen molar-refractivity contribution in [2.45, 2.75) is 13.0 Å². The van der Waals surface area contributed by atoms with Crippen LogP contribution in [0.1, 0.15) is 24.1 Å². The summed E-state index contributed by atoms with van der Waals surface area (Å²) in [6, 6.07) is 7.61. The number of nitrogens with one attached hydrogen (secondary N) is 1. The Morgan fingerprint density at radius 1 is 1.33 bits per heavy atom. The highest BCUT2D eigenvalue weighted by atomic mass is 35.5. The van der Waals surface area contributed by atoms with Crippen LogP contribution >= 0.6 is 11.6 Å². The summed E-state index contributed by atoms with van der Waals surface area (Å²) < 4.78 is 0. The van der Waals surface area contributed by atoms with Crippen molar-refractivity contribution in [1.29, 1.82) is 0 Å². The summed E-state index contributed by atoms with van der Waals surface area (Å²) in [5, 5.41) is 7.69. The number of anilines is 2. The second-order valence-corrected chi connectivity index (χ2v) is 4.79. The van der Waals surface area contributed by atoms with Crippen LogP contribution in [0, 0.1) is 0 Å². The highest BCUT2D eigenvalue weighted by Crippen LogP contribution is 2.23. The Morgan fingerprint density at radius 3 is 2.71 bits per heavy atom. The van der Waals surface area contributed by atoms with E-state index < -0.39 is 0 Å². The monoisotopic (exact) mass is 305 g/mol. The molecule has 0 saturated carbocycles. The van der Waals surface area contributed by atoms with Gasteiger partial charge in [0.2, 0.25) is 0 Å². The van der Waals surface area contributed by atoms with E-state index in [1.165, 1.54) is 19.7 Å². The van der Waals surface area contributed by atoms with E-state index in [-0.39, 0.29) is 6.04 Å². The molecule has 1 aromatic carbocycles. The van der Waals surface area contributed by atoms with Gasteiger partial charge in [-0.3, -0.25) is 0 Å². The molecule has 0 saturated heterocycles. The molecule has 1 atom stereocenters. The van der Waals surface area contributed by atoms with Crippen LogP contribution in [0.4, 0.5) is 11.6 Å². The number of nitrogens with zero attached hydrogens (tertiary/aromatic N) is 3. The van der Waals surface area contributed by atoms with Gasteiger partial charge in [-0.2, -0.15) is 0 Å². The quantitative estimate of drug-likeness (QED) is 0.655. The molecule has 0 amide bonds. The third-order valence-corrected chi connectivity index (χ3v) is 3.18. The Bertz CT molecular complexity index is 630. The highest BCUT2D eigenvalue weighted by molar-refractivity contribution is 6.30. The molecule has 0 bridgehead atoms. The molecule has 1 aromatic heterocycles. The molecular formula is C14H16ClN5O. The summed E-state index contributed by atoms with van der Waals surface area (Å²) in [4.78, 5) is 12.8. The fourth-order valence-electron chi connectivity index (χ4n) is 1.80. The van der Waals surface area contributed by atoms with E-state index in [1.54, 1.807) is 0 Å². The van der Waals surface area contributed by atoms with Gasteiger partial charge in [0.1, 0.15) is 25.1 Å². The van der Waals surface area contributed by atoms with Crippen LogP contribution < -0.4 is 11.1 Å². The molecule has 2 rings (SSSR count). The molecule has 0 radical (unpaired) electrons. The van der Waals surface area contributed by atoms with E-state index in [9.17, 15) is 0 Å². The molecule has 21 heavy (non-hydrogen) atoms. The Hall–Kier alpha value is -2.34.